The van der Waals surface area contributed by atoms with Crippen molar-refractivity contribution in [1.82, 2.24) is 15.5 Å². The first-order valence-electron chi connectivity index (χ1n) is 8.68. The number of likely N-dealkylation sites (tertiary alicyclic amines) is 1. The Morgan fingerprint density at radius 2 is 2.08 bits per heavy atom. The Bertz CT molecular complexity index is 645. The van der Waals surface area contributed by atoms with Crippen LogP contribution in [-0.4, -0.2) is 41.8 Å². The van der Waals surface area contributed by atoms with Gasteiger partial charge in [0.15, 0.2) is 0 Å². The number of rotatable bonds is 6. The minimum Gasteiger partial charge on any atom is -0.467 e. The zero-order valence-electron chi connectivity index (χ0n) is 14.2. The Hall–Kier alpha value is -2.31. The summed E-state index contributed by atoms with van der Waals surface area (Å²) in [5.74, 6) is 0.796. The van der Waals surface area contributed by atoms with Gasteiger partial charge in [0, 0.05) is 31.7 Å². The molecule has 2 unspecified atom stereocenters. The van der Waals surface area contributed by atoms with Crippen LogP contribution < -0.4 is 10.6 Å². The van der Waals surface area contributed by atoms with Crippen molar-refractivity contribution in [3.05, 3.63) is 60.1 Å². The molecule has 2 atom stereocenters. The van der Waals surface area contributed by atoms with Crippen molar-refractivity contribution >= 4 is 6.03 Å². The number of hydrogen-bond donors (Lipinski definition) is 3. The smallest absolute Gasteiger partial charge is 0.315 e. The maximum atomic E-state index is 12.2. The lowest BCUT2D eigenvalue weighted by Gasteiger charge is -2.38. The van der Waals surface area contributed by atoms with Crippen molar-refractivity contribution in [3.8, 4) is 0 Å². The standard InChI is InChI=1S/C19H25N3O3/c23-14-16-8-9-22(12-15-5-2-1-3-6-15)13-18(16)21-19(24)20-11-17-7-4-10-25-17/h1-7,10,16,18,23H,8-9,11-14H2,(H2,20,21,24). The number of aliphatic hydroxyl groups excluding tert-OH is 1. The maximum Gasteiger partial charge on any atom is 0.315 e. The van der Waals surface area contributed by atoms with Gasteiger partial charge in [-0.1, -0.05) is 30.3 Å². The molecule has 3 N–H and O–H groups in total. The van der Waals surface area contributed by atoms with E-state index in [0.29, 0.717) is 12.3 Å². The largest absolute Gasteiger partial charge is 0.467 e. The SMILES string of the molecule is O=C(NCc1ccco1)NC1CN(Cc2ccccc2)CCC1CO. The number of aliphatic hydroxyl groups is 1. The Morgan fingerprint density at radius 3 is 2.80 bits per heavy atom. The predicted octanol–water partition coefficient (Wildman–Crippen LogP) is 1.96. The maximum absolute atomic E-state index is 12.2. The second-order valence-electron chi connectivity index (χ2n) is 6.46. The number of amides is 2. The van der Waals surface area contributed by atoms with Gasteiger partial charge in [0.25, 0.3) is 0 Å². The van der Waals surface area contributed by atoms with Crippen LogP contribution in [0.25, 0.3) is 0 Å². The number of hydrogen-bond acceptors (Lipinski definition) is 4. The molecular weight excluding hydrogens is 318 g/mol. The van der Waals surface area contributed by atoms with Gasteiger partial charge in [-0.3, -0.25) is 4.90 Å². The monoisotopic (exact) mass is 343 g/mol. The fourth-order valence-corrected chi connectivity index (χ4v) is 3.24. The molecule has 0 aliphatic carbocycles. The van der Waals surface area contributed by atoms with Crippen LogP contribution in [0.5, 0.6) is 0 Å². The van der Waals surface area contributed by atoms with E-state index in [4.69, 9.17) is 4.42 Å². The Kier molecular flexibility index (Phi) is 6.09. The van der Waals surface area contributed by atoms with Crippen molar-refractivity contribution < 1.29 is 14.3 Å². The molecule has 1 aliphatic heterocycles. The van der Waals surface area contributed by atoms with E-state index in [9.17, 15) is 9.90 Å². The number of urea groups is 1. The first-order valence-corrected chi connectivity index (χ1v) is 8.68. The molecule has 0 radical (unpaired) electrons. The second-order valence-corrected chi connectivity index (χ2v) is 6.46. The summed E-state index contributed by atoms with van der Waals surface area (Å²) in [5.41, 5.74) is 1.26. The predicted molar refractivity (Wildman–Crippen MR) is 94.8 cm³/mol. The molecule has 6 nitrogen and oxygen atoms in total. The third kappa shape index (κ3) is 5.08. The van der Waals surface area contributed by atoms with Crippen LogP contribution >= 0.6 is 0 Å². The molecule has 0 bridgehead atoms. The lowest BCUT2D eigenvalue weighted by atomic mass is 9.92. The summed E-state index contributed by atoms with van der Waals surface area (Å²) in [5, 5.41) is 15.4. The Balaban J connectivity index is 1.52. The number of carbonyl (C=O) groups is 1. The van der Waals surface area contributed by atoms with Crippen molar-refractivity contribution in [3.63, 3.8) is 0 Å². The minimum atomic E-state index is -0.235. The summed E-state index contributed by atoms with van der Waals surface area (Å²) in [6.07, 6.45) is 2.45. The molecule has 1 aromatic carbocycles. The van der Waals surface area contributed by atoms with Crippen LogP contribution in [-0.2, 0) is 13.1 Å². The van der Waals surface area contributed by atoms with E-state index in [2.05, 4.69) is 27.7 Å². The number of nitrogens with zero attached hydrogens (tertiary/aromatic N) is 1. The molecule has 1 aliphatic rings. The quantitative estimate of drug-likeness (QED) is 0.749. The number of benzene rings is 1. The average molecular weight is 343 g/mol. The van der Waals surface area contributed by atoms with Gasteiger partial charge in [-0.25, -0.2) is 4.79 Å². The molecule has 2 aromatic rings. The first kappa shape index (κ1) is 17.5. The van der Waals surface area contributed by atoms with Gasteiger partial charge in [0.2, 0.25) is 0 Å². The summed E-state index contributed by atoms with van der Waals surface area (Å²) < 4.78 is 5.21. The highest BCUT2D eigenvalue weighted by atomic mass is 16.3. The third-order valence-electron chi connectivity index (χ3n) is 4.64. The van der Waals surface area contributed by atoms with E-state index in [1.165, 1.54) is 5.56 Å². The van der Waals surface area contributed by atoms with Crippen molar-refractivity contribution in [2.45, 2.75) is 25.6 Å². The summed E-state index contributed by atoms with van der Waals surface area (Å²) in [6, 6.07) is 13.6. The number of furan rings is 1. The van der Waals surface area contributed by atoms with Gasteiger partial charge in [-0.2, -0.15) is 0 Å². The van der Waals surface area contributed by atoms with E-state index < -0.39 is 0 Å². The third-order valence-corrected chi connectivity index (χ3v) is 4.64. The normalized spacial score (nSPS) is 21.0. The molecule has 1 aromatic heterocycles. The van der Waals surface area contributed by atoms with E-state index in [1.54, 1.807) is 12.3 Å². The minimum absolute atomic E-state index is 0.0703. The van der Waals surface area contributed by atoms with Crippen molar-refractivity contribution in [2.75, 3.05) is 19.7 Å². The molecule has 2 amide bonds. The fourth-order valence-electron chi connectivity index (χ4n) is 3.24. The summed E-state index contributed by atoms with van der Waals surface area (Å²) >= 11 is 0. The van der Waals surface area contributed by atoms with Gasteiger partial charge >= 0.3 is 6.03 Å². The number of nitrogens with one attached hydrogen (secondary N) is 2. The highest BCUT2D eigenvalue weighted by Gasteiger charge is 2.29. The first-order chi connectivity index (χ1) is 12.2. The lowest BCUT2D eigenvalue weighted by molar-refractivity contribution is 0.0946. The van der Waals surface area contributed by atoms with Gasteiger partial charge in [-0.15, -0.1) is 0 Å². The molecule has 2 heterocycles. The molecule has 0 saturated carbocycles. The molecule has 6 heteroatoms. The van der Waals surface area contributed by atoms with Gasteiger partial charge in [0.1, 0.15) is 5.76 Å². The Labute approximate surface area is 147 Å². The molecule has 25 heavy (non-hydrogen) atoms. The van der Waals surface area contributed by atoms with Gasteiger partial charge in [0.05, 0.1) is 12.8 Å². The topological polar surface area (TPSA) is 77.7 Å². The summed E-state index contributed by atoms with van der Waals surface area (Å²) in [7, 11) is 0. The highest BCUT2D eigenvalue weighted by molar-refractivity contribution is 5.74. The molecule has 1 saturated heterocycles. The molecular formula is C19H25N3O3. The highest BCUT2D eigenvalue weighted by Crippen LogP contribution is 2.19. The van der Waals surface area contributed by atoms with Crippen LogP contribution in [0.3, 0.4) is 0 Å². The summed E-state index contributed by atoms with van der Waals surface area (Å²) in [4.78, 5) is 14.5. The van der Waals surface area contributed by atoms with Gasteiger partial charge in [-0.05, 0) is 30.7 Å². The second kappa shape index (κ2) is 8.69. The van der Waals surface area contributed by atoms with Crippen LogP contribution in [0.15, 0.2) is 53.1 Å². The van der Waals surface area contributed by atoms with E-state index in [1.807, 2.05) is 24.3 Å². The molecule has 1 fully saturated rings. The molecule has 134 valence electrons. The summed E-state index contributed by atoms with van der Waals surface area (Å²) in [6.45, 7) is 2.94. The van der Waals surface area contributed by atoms with Crippen LogP contribution in [0.4, 0.5) is 4.79 Å². The zero-order chi connectivity index (χ0) is 17.5. The van der Waals surface area contributed by atoms with Crippen LogP contribution in [0, 0.1) is 5.92 Å². The van der Waals surface area contributed by atoms with E-state index in [0.717, 1.165) is 26.1 Å². The number of carbonyl (C=O) groups excluding carboxylic acids is 1. The van der Waals surface area contributed by atoms with Crippen LogP contribution in [0.1, 0.15) is 17.7 Å². The lowest BCUT2D eigenvalue weighted by Crippen LogP contribution is -2.55. The number of piperidine rings is 1. The van der Waals surface area contributed by atoms with Gasteiger partial charge < -0.3 is 20.2 Å². The van der Waals surface area contributed by atoms with E-state index in [-0.39, 0.29) is 24.6 Å². The van der Waals surface area contributed by atoms with E-state index >= 15 is 0 Å². The van der Waals surface area contributed by atoms with Crippen molar-refractivity contribution in [2.24, 2.45) is 5.92 Å². The average Bonchev–Trinajstić information content (AvgIpc) is 3.15. The molecule has 3 rings (SSSR count). The molecule has 0 spiro atoms. The Morgan fingerprint density at radius 1 is 1.24 bits per heavy atom. The van der Waals surface area contributed by atoms with Crippen LogP contribution in [0.2, 0.25) is 0 Å². The fraction of sp³-hybridized carbons (Fsp3) is 0.421. The zero-order valence-corrected chi connectivity index (χ0v) is 14.2. The van der Waals surface area contributed by atoms with Crippen molar-refractivity contribution in [1.29, 1.82) is 0 Å².